The van der Waals surface area contributed by atoms with Gasteiger partial charge in [-0.3, -0.25) is 0 Å². The molecule has 0 saturated heterocycles. The Labute approximate surface area is 341 Å². The lowest BCUT2D eigenvalue weighted by Gasteiger charge is -2.44. The molecule has 0 N–H and O–H groups in total. The molecular formula is C56H44N2. The number of fused-ring (bicyclic) bond motifs is 7. The van der Waals surface area contributed by atoms with Crippen LogP contribution in [0.2, 0.25) is 0 Å². The Hall–Kier alpha value is -6.90. The fourth-order valence-electron chi connectivity index (χ4n) is 10.2. The van der Waals surface area contributed by atoms with Gasteiger partial charge in [0.2, 0.25) is 0 Å². The Morgan fingerprint density at radius 3 is 1.88 bits per heavy atom. The summed E-state index contributed by atoms with van der Waals surface area (Å²) < 4.78 is 0. The van der Waals surface area contributed by atoms with Crippen LogP contribution < -0.4 is 9.80 Å². The molecule has 0 bridgehead atoms. The maximum atomic E-state index is 2.57. The highest BCUT2D eigenvalue weighted by molar-refractivity contribution is 6.09. The Morgan fingerprint density at radius 1 is 0.397 bits per heavy atom. The van der Waals surface area contributed by atoms with E-state index in [1.807, 2.05) is 0 Å². The van der Waals surface area contributed by atoms with Gasteiger partial charge in [0, 0.05) is 27.6 Å². The van der Waals surface area contributed by atoms with Crippen LogP contribution in [-0.4, -0.2) is 0 Å². The summed E-state index contributed by atoms with van der Waals surface area (Å²) >= 11 is 0. The van der Waals surface area contributed by atoms with Crippen molar-refractivity contribution in [1.82, 2.24) is 0 Å². The number of nitrogens with zero attached hydrogens (tertiary/aromatic N) is 2. The minimum absolute atomic E-state index is 0.133. The van der Waals surface area contributed by atoms with Gasteiger partial charge in [0.25, 0.3) is 0 Å². The zero-order valence-corrected chi connectivity index (χ0v) is 33.4. The van der Waals surface area contributed by atoms with E-state index in [9.17, 15) is 0 Å². The largest absolute Gasteiger partial charge is 0.308 e. The van der Waals surface area contributed by atoms with Gasteiger partial charge in [0.15, 0.2) is 0 Å². The molecule has 1 heterocycles. The quantitative estimate of drug-likeness (QED) is 0.173. The maximum Gasteiger partial charge on any atom is 0.0781 e. The molecule has 2 heteroatoms. The predicted molar refractivity (Wildman–Crippen MR) is 246 cm³/mol. The summed E-state index contributed by atoms with van der Waals surface area (Å²) in [7, 11) is 0. The van der Waals surface area contributed by atoms with Crippen molar-refractivity contribution >= 4 is 55.7 Å². The number of rotatable bonds is 5. The second kappa shape index (κ2) is 12.8. The van der Waals surface area contributed by atoms with Crippen LogP contribution in [0.15, 0.2) is 194 Å². The summed E-state index contributed by atoms with van der Waals surface area (Å²) in [6.45, 7) is 9.53. The van der Waals surface area contributed by atoms with Gasteiger partial charge >= 0.3 is 0 Å². The summed E-state index contributed by atoms with van der Waals surface area (Å²) in [5.74, 6) is 0. The molecule has 2 nitrogen and oxygen atoms in total. The zero-order valence-electron chi connectivity index (χ0n) is 33.4. The molecule has 1 aliphatic carbocycles. The average Bonchev–Trinajstić information content (AvgIpc) is 3.49. The number of para-hydroxylation sites is 2. The van der Waals surface area contributed by atoms with Crippen molar-refractivity contribution in [2.75, 3.05) is 9.80 Å². The highest BCUT2D eigenvalue weighted by Gasteiger charge is 2.41. The number of hydrogen-bond acceptors (Lipinski definition) is 2. The molecular weight excluding hydrogens is 701 g/mol. The first kappa shape index (κ1) is 34.4. The third-order valence-corrected chi connectivity index (χ3v) is 13.0. The second-order valence-electron chi connectivity index (χ2n) is 17.0. The fraction of sp³-hybridized carbons (Fsp3) is 0.107. The lowest BCUT2D eigenvalue weighted by molar-refractivity contribution is 0.634. The first-order valence-electron chi connectivity index (χ1n) is 20.4. The van der Waals surface area contributed by atoms with Crippen molar-refractivity contribution in [3.8, 4) is 22.3 Å². The Morgan fingerprint density at radius 2 is 1.03 bits per heavy atom. The van der Waals surface area contributed by atoms with Crippen LogP contribution in [0.1, 0.15) is 49.9 Å². The zero-order chi connectivity index (χ0) is 39.2. The summed E-state index contributed by atoms with van der Waals surface area (Å²) in [5.41, 5.74) is 17.0. The third-order valence-electron chi connectivity index (χ3n) is 13.0. The predicted octanol–water partition coefficient (Wildman–Crippen LogP) is 15.5. The van der Waals surface area contributed by atoms with Crippen LogP contribution in [0.4, 0.5) is 34.1 Å². The van der Waals surface area contributed by atoms with Gasteiger partial charge in [-0.2, -0.15) is 0 Å². The van der Waals surface area contributed by atoms with Gasteiger partial charge in [0.1, 0.15) is 0 Å². The average molecular weight is 745 g/mol. The minimum atomic E-state index is -0.283. The molecule has 0 saturated carbocycles. The molecule has 11 rings (SSSR count). The first-order chi connectivity index (χ1) is 28.3. The van der Waals surface area contributed by atoms with E-state index in [0.717, 1.165) is 22.7 Å². The Balaban J connectivity index is 1.21. The van der Waals surface area contributed by atoms with E-state index in [-0.39, 0.29) is 10.8 Å². The number of anilines is 6. The smallest absolute Gasteiger partial charge is 0.0781 e. The minimum Gasteiger partial charge on any atom is -0.308 e. The fourth-order valence-corrected chi connectivity index (χ4v) is 10.2. The van der Waals surface area contributed by atoms with Crippen LogP contribution in [0.25, 0.3) is 43.8 Å². The SMILES string of the molecule is CC1(C)c2ccccc2-c2ccc(N(c3ccccc3)c3ccc4ccccc4c3N3c4ccccc4C(C)(C)c4c(-c5ccc6ccccc6c5)cccc43)cc21. The standard InChI is InChI=1S/C56H44N2/c1-55(2)47-25-13-12-23-45(47)46-33-32-42(36-49(46)55)57(41-20-6-5-7-21-41)52-34-31-38-18-10-11-22-44(38)54(52)58-50-27-15-14-26-48(50)56(3,4)53-43(24-16-28-51(53)58)40-30-29-37-17-8-9-19-39(37)35-40/h5-36H,1-4H3. The topological polar surface area (TPSA) is 6.48 Å². The molecule has 0 atom stereocenters. The van der Waals surface area contributed by atoms with Crippen LogP contribution >= 0.6 is 0 Å². The van der Waals surface area contributed by atoms with Crippen molar-refractivity contribution in [2.45, 2.75) is 38.5 Å². The molecule has 9 aromatic rings. The Kier molecular flexibility index (Phi) is 7.59. The first-order valence-corrected chi connectivity index (χ1v) is 20.4. The van der Waals surface area contributed by atoms with Crippen molar-refractivity contribution in [2.24, 2.45) is 0 Å². The van der Waals surface area contributed by atoms with Gasteiger partial charge in [-0.25, -0.2) is 0 Å². The molecule has 0 aromatic heterocycles. The van der Waals surface area contributed by atoms with Gasteiger partial charge in [-0.1, -0.05) is 173 Å². The lowest BCUT2D eigenvalue weighted by Crippen LogP contribution is -2.32. The highest BCUT2D eigenvalue weighted by atomic mass is 15.2. The van der Waals surface area contributed by atoms with Crippen molar-refractivity contribution in [3.63, 3.8) is 0 Å². The van der Waals surface area contributed by atoms with Gasteiger partial charge in [0.05, 0.1) is 22.7 Å². The van der Waals surface area contributed by atoms with E-state index < -0.39 is 0 Å². The molecule has 0 amide bonds. The van der Waals surface area contributed by atoms with Crippen LogP contribution in [0.3, 0.4) is 0 Å². The van der Waals surface area contributed by atoms with Crippen molar-refractivity contribution in [1.29, 1.82) is 0 Å². The molecule has 0 unspecified atom stereocenters. The molecule has 0 fully saturated rings. The monoisotopic (exact) mass is 744 g/mol. The third kappa shape index (κ3) is 5.04. The van der Waals surface area contributed by atoms with E-state index in [4.69, 9.17) is 0 Å². The van der Waals surface area contributed by atoms with E-state index >= 15 is 0 Å². The molecule has 58 heavy (non-hydrogen) atoms. The summed E-state index contributed by atoms with van der Waals surface area (Å²) in [6.07, 6.45) is 0. The van der Waals surface area contributed by atoms with Crippen molar-refractivity contribution in [3.05, 3.63) is 216 Å². The van der Waals surface area contributed by atoms with Crippen LogP contribution in [0, 0.1) is 0 Å². The summed E-state index contributed by atoms with van der Waals surface area (Å²) in [6, 6.07) is 72.0. The molecule has 1 aliphatic heterocycles. The van der Waals surface area contributed by atoms with E-state index in [2.05, 4.69) is 232 Å². The van der Waals surface area contributed by atoms with Gasteiger partial charge < -0.3 is 9.80 Å². The summed E-state index contributed by atoms with van der Waals surface area (Å²) in [4.78, 5) is 5.05. The lowest BCUT2D eigenvalue weighted by atomic mass is 9.70. The number of hydrogen-bond donors (Lipinski definition) is 0. The van der Waals surface area contributed by atoms with Gasteiger partial charge in [-0.15, -0.1) is 0 Å². The van der Waals surface area contributed by atoms with E-state index in [1.54, 1.807) is 0 Å². The molecule has 0 spiro atoms. The van der Waals surface area contributed by atoms with Gasteiger partial charge in [-0.05, 0) is 109 Å². The molecule has 278 valence electrons. The maximum absolute atomic E-state index is 2.57. The van der Waals surface area contributed by atoms with E-state index in [1.165, 1.54) is 77.4 Å². The molecule has 9 aromatic carbocycles. The van der Waals surface area contributed by atoms with Crippen LogP contribution in [0.5, 0.6) is 0 Å². The second-order valence-corrected chi connectivity index (χ2v) is 17.0. The van der Waals surface area contributed by atoms with Crippen molar-refractivity contribution < 1.29 is 0 Å². The molecule has 2 aliphatic rings. The normalized spacial score (nSPS) is 14.4. The Bertz CT molecular complexity index is 3080. The van der Waals surface area contributed by atoms with Crippen LogP contribution in [-0.2, 0) is 10.8 Å². The highest BCUT2D eigenvalue weighted by Crippen LogP contribution is 2.59. The number of benzene rings is 9. The summed E-state index contributed by atoms with van der Waals surface area (Å²) in [5, 5.41) is 4.90. The van der Waals surface area contributed by atoms with E-state index in [0.29, 0.717) is 0 Å². The molecule has 0 radical (unpaired) electrons.